The van der Waals surface area contributed by atoms with Crippen LogP contribution in [-0.2, 0) is 11.3 Å². The number of H-pyrrole nitrogens is 1. The zero-order valence-electron chi connectivity index (χ0n) is 13.7. The third kappa shape index (κ3) is 3.27. The second kappa shape index (κ2) is 6.54. The largest absolute Gasteiger partial charge is 0.368 e. The number of nitrogens with one attached hydrogen (secondary N) is 1. The molecule has 24 heavy (non-hydrogen) atoms. The first-order valence-corrected chi connectivity index (χ1v) is 7.61. The predicted octanol–water partition coefficient (Wildman–Crippen LogP) is 2.52. The SMILES string of the molecule is Cc1[nH]c2ccccc2c1CN(C)C(=O)C=Cc1cnc(N)nc1. The molecule has 0 bridgehead atoms. The first-order valence-electron chi connectivity index (χ1n) is 7.61. The normalized spacial score (nSPS) is 11.2. The van der Waals surface area contributed by atoms with E-state index in [-0.39, 0.29) is 11.9 Å². The van der Waals surface area contributed by atoms with Crippen LogP contribution in [-0.4, -0.2) is 32.8 Å². The molecule has 0 radical (unpaired) electrons. The van der Waals surface area contributed by atoms with Gasteiger partial charge < -0.3 is 15.6 Å². The zero-order valence-corrected chi connectivity index (χ0v) is 13.7. The van der Waals surface area contributed by atoms with Crippen molar-refractivity contribution in [3.8, 4) is 0 Å². The van der Waals surface area contributed by atoms with Gasteiger partial charge in [0.05, 0.1) is 0 Å². The Morgan fingerprint density at radius 1 is 1.29 bits per heavy atom. The number of nitrogens with two attached hydrogens (primary N) is 1. The minimum Gasteiger partial charge on any atom is -0.368 e. The van der Waals surface area contributed by atoms with Gasteiger partial charge in [0.25, 0.3) is 0 Å². The first-order chi connectivity index (χ1) is 11.5. The van der Waals surface area contributed by atoms with E-state index >= 15 is 0 Å². The molecule has 0 unspecified atom stereocenters. The van der Waals surface area contributed by atoms with Gasteiger partial charge in [0, 0.05) is 54.2 Å². The van der Waals surface area contributed by atoms with Crippen molar-refractivity contribution in [2.75, 3.05) is 12.8 Å². The standard InChI is InChI=1S/C18H19N5O/c1-12-15(14-5-3-4-6-16(14)22-12)11-23(2)17(24)8-7-13-9-20-18(19)21-10-13/h3-10,22H,11H2,1-2H3,(H2,19,20,21). The number of nitrogens with zero attached hydrogens (tertiary/aromatic N) is 3. The van der Waals surface area contributed by atoms with Crippen LogP contribution in [0, 0.1) is 6.92 Å². The number of carbonyl (C=O) groups excluding carboxylic acids is 1. The number of rotatable bonds is 4. The Labute approximate surface area is 140 Å². The van der Waals surface area contributed by atoms with Crippen LogP contribution in [0.1, 0.15) is 16.8 Å². The molecule has 0 saturated carbocycles. The molecule has 2 aromatic heterocycles. The molecule has 1 amide bonds. The lowest BCUT2D eigenvalue weighted by Crippen LogP contribution is -2.24. The van der Waals surface area contributed by atoms with E-state index in [0.717, 1.165) is 27.7 Å². The lowest BCUT2D eigenvalue weighted by molar-refractivity contribution is -0.125. The smallest absolute Gasteiger partial charge is 0.246 e. The van der Waals surface area contributed by atoms with Crippen molar-refractivity contribution < 1.29 is 4.79 Å². The van der Waals surface area contributed by atoms with Crippen molar-refractivity contribution in [3.63, 3.8) is 0 Å². The summed E-state index contributed by atoms with van der Waals surface area (Å²) < 4.78 is 0. The summed E-state index contributed by atoms with van der Waals surface area (Å²) in [6.07, 6.45) is 6.35. The summed E-state index contributed by atoms with van der Waals surface area (Å²) in [6, 6.07) is 8.10. The van der Waals surface area contributed by atoms with E-state index in [1.54, 1.807) is 30.4 Å². The van der Waals surface area contributed by atoms with Crippen molar-refractivity contribution in [1.82, 2.24) is 19.9 Å². The highest BCUT2D eigenvalue weighted by atomic mass is 16.2. The second-order valence-electron chi connectivity index (χ2n) is 5.68. The minimum atomic E-state index is -0.0866. The molecule has 0 aliphatic rings. The monoisotopic (exact) mass is 321 g/mol. The van der Waals surface area contributed by atoms with Crippen molar-refractivity contribution in [2.24, 2.45) is 0 Å². The molecule has 3 rings (SSSR count). The van der Waals surface area contributed by atoms with Crippen LogP contribution < -0.4 is 5.73 Å². The number of nitrogen functional groups attached to an aromatic ring is 1. The molecule has 2 heterocycles. The number of aromatic amines is 1. The topological polar surface area (TPSA) is 87.9 Å². The molecule has 6 heteroatoms. The molecule has 0 fully saturated rings. The maximum Gasteiger partial charge on any atom is 0.246 e. The minimum absolute atomic E-state index is 0.0866. The first kappa shape index (κ1) is 15.7. The number of aromatic nitrogens is 3. The van der Waals surface area contributed by atoms with Crippen molar-refractivity contribution in [3.05, 3.63) is 59.6 Å². The van der Waals surface area contributed by atoms with Gasteiger partial charge in [-0.05, 0) is 24.6 Å². The Morgan fingerprint density at radius 2 is 2.00 bits per heavy atom. The summed E-state index contributed by atoms with van der Waals surface area (Å²) in [4.78, 5) is 25.1. The maximum absolute atomic E-state index is 12.3. The van der Waals surface area contributed by atoms with E-state index < -0.39 is 0 Å². The van der Waals surface area contributed by atoms with Gasteiger partial charge in [0.15, 0.2) is 0 Å². The number of para-hydroxylation sites is 1. The highest BCUT2D eigenvalue weighted by Crippen LogP contribution is 2.23. The van der Waals surface area contributed by atoms with Crippen LogP contribution in [0.3, 0.4) is 0 Å². The van der Waals surface area contributed by atoms with E-state index in [2.05, 4.69) is 21.0 Å². The van der Waals surface area contributed by atoms with Crippen molar-refractivity contribution in [2.45, 2.75) is 13.5 Å². The lowest BCUT2D eigenvalue weighted by atomic mass is 10.1. The quantitative estimate of drug-likeness (QED) is 0.723. The average Bonchev–Trinajstić information content (AvgIpc) is 2.90. The Morgan fingerprint density at radius 3 is 2.75 bits per heavy atom. The fraction of sp³-hybridized carbons (Fsp3) is 0.167. The Kier molecular flexibility index (Phi) is 4.29. The van der Waals surface area contributed by atoms with Crippen molar-refractivity contribution >= 4 is 28.8 Å². The molecule has 1 aromatic carbocycles. The molecule has 6 nitrogen and oxygen atoms in total. The van der Waals surface area contributed by atoms with E-state index in [9.17, 15) is 4.79 Å². The molecule has 0 atom stereocenters. The zero-order chi connectivity index (χ0) is 17.1. The third-order valence-electron chi connectivity index (χ3n) is 3.91. The number of anilines is 1. The van der Waals surface area contributed by atoms with E-state index in [0.29, 0.717) is 6.54 Å². The predicted molar refractivity (Wildman–Crippen MR) is 95.0 cm³/mol. The fourth-order valence-electron chi connectivity index (χ4n) is 2.58. The molecule has 122 valence electrons. The van der Waals surface area contributed by atoms with Gasteiger partial charge in [-0.3, -0.25) is 4.79 Å². The summed E-state index contributed by atoms with van der Waals surface area (Å²) in [5, 5.41) is 1.14. The van der Waals surface area contributed by atoms with Crippen LogP contribution in [0.25, 0.3) is 17.0 Å². The highest BCUT2D eigenvalue weighted by molar-refractivity contribution is 5.92. The van der Waals surface area contributed by atoms with Crippen LogP contribution in [0.5, 0.6) is 0 Å². The van der Waals surface area contributed by atoms with Crippen LogP contribution in [0.4, 0.5) is 5.95 Å². The highest BCUT2D eigenvalue weighted by Gasteiger charge is 2.12. The van der Waals surface area contributed by atoms with Crippen LogP contribution in [0.2, 0.25) is 0 Å². The van der Waals surface area contributed by atoms with E-state index in [1.165, 1.54) is 6.08 Å². The van der Waals surface area contributed by atoms with E-state index in [1.807, 2.05) is 25.1 Å². The van der Waals surface area contributed by atoms with Crippen LogP contribution in [0.15, 0.2) is 42.7 Å². The summed E-state index contributed by atoms with van der Waals surface area (Å²) in [6.45, 7) is 2.56. The van der Waals surface area contributed by atoms with Crippen LogP contribution >= 0.6 is 0 Å². The Balaban J connectivity index is 1.74. The molecule has 3 N–H and O–H groups in total. The summed E-state index contributed by atoms with van der Waals surface area (Å²) in [7, 11) is 1.79. The number of hydrogen-bond acceptors (Lipinski definition) is 4. The van der Waals surface area contributed by atoms with Gasteiger partial charge >= 0.3 is 0 Å². The number of benzene rings is 1. The molecule has 0 aliphatic heterocycles. The number of carbonyl (C=O) groups is 1. The summed E-state index contributed by atoms with van der Waals surface area (Å²) >= 11 is 0. The molecule has 0 saturated heterocycles. The maximum atomic E-state index is 12.3. The van der Waals surface area contributed by atoms with Gasteiger partial charge in [0.1, 0.15) is 0 Å². The Hall–Kier alpha value is -3.15. The number of amides is 1. The number of likely N-dealkylation sites (N-methyl/N-ethyl adjacent to an activating group) is 1. The molecular formula is C18H19N5O. The van der Waals surface area contributed by atoms with Gasteiger partial charge in [-0.2, -0.15) is 0 Å². The molecule has 0 aliphatic carbocycles. The third-order valence-corrected chi connectivity index (χ3v) is 3.91. The fourth-order valence-corrected chi connectivity index (χ4v) is 2.58. The van der Waals surface area contributed by atoms with Gasteiger partial charge in [-0.25, -0.2) is 9.97 Å². The second-order valence-corrected chi connectivity index (χ2v) is 5.68. The molecule has 0 spiro atoms. The van der Waals surface area contributed by atoms with E-state index in [4.69, 9.17) is 5.73 Å². The molecule has 3 aromatic rings. The molecular weight excluding hydrogens is 302 g/mol. The van der Waals surface area contributed by atoms with Gasteiger partial charge in [0.2, 0.25) is 11.9 Å². The number of fused-ring (bicyclic) bond motifs is 1. The Bertz CT molecular complexity index is 895. The van der Waals surface area contributed by atoms with Gasteiger partial charge in [-0.15, -0.1) is 0 Å². The lowest BCUT2D eigenvalue weighted by Gasteiger charge is -2.15. The number of hydrogen-bond donors (Lipinski definition) is 2. The van der Waals surface area contributed by atoms with Gasteiger partial charge in [-0.1, -0.05) is 18.2 Å². The summed E-state index contributed by atoms with van der Waals surface area (Å²) in [5.41, 5.74) is 9.46. The average molecular weight is 321 g/mol. The van der Waals surface area contributed by atoms with Crippen molar-refractivity contribution in [1.29, 1.82) is 0 Å². The number of aryl methyl sites for hydroxylation is 1. The summed E-state index contributed by atoms with van der Waals surface area (Å²) in [5.74, 6) is 0.127.